The molecule has 138 valence electrons. The van der Waals surface area contributed by atoms with Gasteiger partial charge in [0.05, 0.1) is 6.10 Å². The van der Waals surface area contributed by atoms with Crippen molar-refractivity contribution in [1.29, 1.82) is 0 Å². The molecule has 1 saturated carbocycles. The maximum atomic E-state index is 12.2. The van der Waals surface area contributed by atoms with Gasteiger partial charge in [0.15, 0.2) is 0 Å². The van der Waals surface area contributed by atoms with Crippen molar-refractivity contribution in [2.45, 2.75) is 83.4 Å². The summed E-state index contributed by atoms with van der Waals surface area (Å²) in [6, 6.07) is 0. The molecule has 1 atom stereocenters. The Morgan fingerprint density at radius 3 is 2.42 bits per heavy atom. The highest BCUT2D eigenvalue weighted by atomic mass is 19.4. The van der Waals surface area contributed by atoms with E-state index in [1.54, 1.807) is 6.08 Å². The Balaban J connectivity index is 1.66. The summed E-state index contributed by atoms with van der Waals surface area (Å²) in [5.41, 5.74) is 1.31. The first kappa shape index (κ1) is 19.6. The maximum absolute atomic E-state index is 12.2. The number of rotatable bonds is 8. The van der Waals surface area contributed by atoms with Crippen LogP contribution in [0.5, 0.6) is 0 Å². The molecule has 1 nitrogen and oxygen atoms in total. The van der Waals surface area contributed by atoms with Gasteiger partial charge in [0, 0.05) is 0 Å². The highest BCUT2D eigenvalue weighted by Crippen LogP contribution is 2.37. The highest BCUT2D eigenvalue weighted by Gasteiger charge is 2.29. The van der Waals surface area contributed by atoms with Gasteiger partial charge in [-0.3, -0.25) is 0 Å². The second-order valence-electron chi connectivity index (χ2n) is 7.33. The Hall–Kier alpha value is -0.770. The molecular formula is C20H31F3O. The van der Waals surface area contributed by atoms with Crippen molar-refractivity contribution in [1.82, 2.24) is 0 Å². The zero-order valence-corrected chi connectivity index (χ0v) is 14.8. The van der Waals surface area contributed by atoms with Crippen LogP contribution >= 0.6 is 0 Å². The smallest absolute Gasteiger partial charge is 0.364 e. The minimum atomic E-state index is -4.24. The lowest BCUT2D eigenvalue weighted by atomic mass is 9.76. The minimum Gasteiger partial charge on any atom is -0.364 e. The zero-order chi connectivity index (χ0) is 17.4. The first-order valence-electron chi connectivity index (χ1n) is 9.54. The molecule has 4 heteroatoms. The Kier molecular flexibility index (Phi) is 7.86. The van der Waals surface area contributed by atoms with Gasteiger partial charge in [0.2, 0.25) is 0 Å². The fraction of sp³-hybridized carbons (Fsp3) is 0.800. The van der Waals surface area contributed by atoms with Crippen LogP contribution in [0.15, 0.2) is 23.8 Å². The van der Waals surface area contributed by atoms with Crippen molar-refractivity contribution in [2.75, 3.05) is 6.61 Å². The summed E-state index contributed by atoms with van der Waals surface area (Å²) in [5.74, 6) is 1.48. The van der Waals surface area contributed by atoms with Crippen LogP contribution < -0.4 is 0 Å². The van der Waals surface area contributed by atoms with Gasteiger partial charge in [-0.15, -0.1) is 0 Å². The van der Waals surface area contributed by atoms with E-state index in [2.05, 4.69) is 13.0 Å². The van der Waals surface area contributed by atoms with Crippen LogP contribution in [0.2, 0.25) is 0 Å². The van der Waals surface area contributed by atoms with Crippen LogP contribution in [-0.4, -0.2) is 18.9 Å². The summed E-state index contributed by atoms with van der Waals surface area (Å²) < 4.78 is 41.5. The molecule has 0 spiro atoms. The van der Waals surface area contributed by atoms with Crippen LogP contribution in [0.3, 0.4) is 0 Å². The average molecular weight is 344 g/mol. The average Bonchev–Trinajstić information content (AvgIpc) is 2.57. The molecule has 0 bridgehead atoms. The monoisotopic (exact) mass is 344 g/mol. The molecule has 1 unspecified atom stereocenters. The topological polar surface area (TPSA) is 9.23 Å². The Morgan fingerprint density at radius 2 is 1.83 bits per heavy atom. The fourth-order valence-electron chi connectivity index (χ4n) is 3.89. The molecular weight excluding hydrogens is 313 g/mol. The van der Waals surface area contributed by atoms with E-state index in [1.165, 1.54) is 63.4 Å². The van der Waals surface area contributed by atoms with E-state index < -0.39 is 18.9 Å². The van der Waals surface area contributed by atoms with Crippen molar-refractivity contribution in [3.63, 3.8) is 0 Å². The zero-order valence-electron chi connectivity index (χ0n) is 14.8. The normalized spacial score (nSPS) is 28.0. The molecule has 0 heterocycles. The number of allylic oxidation sites excluding steroid dienone is 2. The molecule has 1 fully saturated rings. The number of ether oxygens (including phenoxy) is 1. The van der Waals surface area contributed by atoms with Crippen molar-refractivity contribution >= 4 is 0 Å². The molecule has 0 aromatic carbocycles. The third-order valence-corrected chi connectivity index (χ3v) is 5.33. The molecule has 2 aliphatic rings. The molecule has 0 N–H and O–H groups in total. The summed E-state index contributed by atoms with van der Waals surface area (Å²) in [7, 11) is 0. The van der Waals surface area contributed by atoms with Crippen LogP contribution in [0.1, 0.15) is 71.1 Å². The molecule has 0 amide bonds. The molecule has 24 heavy (non-hydrogen) atoms. The second kappa shape index (κ2) is 9.65. The van der Waals surface area contributed by atoms with Crippen molar-refractivity contribution < 1.29 is 17.9 Å². The van der Waals surface area contributed by atoms with Crippen molar-refractivity contribution in [2.24, 2.45) is 11.8 Å². The SMILES string of the molecule is CCCCCC[C@H]1CC[C@H](C2=CCC(OCC(F)(F)F)C=C2)CC1. The molecule has 0 radical (unpaired) electrons. The largest absolute Gasteiger partial charge is 0.411 e. The Morgan fingerprint density at radius 1 is 1.08 bits per heavy atom. The minimum absolute atomic E-state index is 0.426. The standard InChI is InChI=1S/C20H31F3O/c1-2-3-4-5-6-16-7-9-17(10-8-16)18-11-13-19(14-12-18)24-15-20(21,22)23/h11-13,16-17,19H,2-10,14-15H2,1H3/t16-,17-,19?. The third kappa shape index (κ3) is 7.00. The van der Waals surface area contributed by atoms with Gasteiger partial charge in [0.1, 0.15) is 6.61 Å². The maximum Gasteiger partial charge on any atom is 0.411 e. The molecule has 2 rings (SSSR count). The number of hydrogen-bond donors (Lipinski definition) is 0. The number of hydrogen-bond acceptors (Lipinski definition) is 1. The lowest BCUT2D eigenvalue weighted by Crippen LogP contribution is -2.23. The lowest BCUT2D eigenvalue weighted by Gasteiger charge is -2.31. The van der Waals surface area contributed by atoms with Crippen LogP contribution in [0.4, 0.5) is 13.2 Å². The lowest BCUT2D eigenvalue weighted by molar-refractivity contribution is -0.180. The van der Waals surface area contributed by atoms with Crippen LogP contribution in [0.25, 0.3) is 0 Å². The van der Waals surface area contributed by atoms with Gasteiger partial charge < -0.3 is 4.74 Å². The van der Waals surface area contributed by atoms with Gasteiger partial charge in [0.25, 0.3) is 0 Å². The van der Waals surface area contributed by atoms with Gasteiger partial charge in [-0.25, -0.2) is 0 Å². The fourth-order valence-corrected chi connectivity index (χ4v) is 3.89. The van der Waals surface area contributed by atoms with E-state index in [-0.39, 0.29) is 0 Å². The first-order chi connectivity index (χ1) is 11.5. The van der Waals surface area contributed by atoms with E-state index in [0.29, 0.717) is 12.3 Å². The summed E-state index contributed by atoms with van der Waals surface area (Å²) >= 11 is 0. The second-order valence-corrected chi connectivity index (χ2v) is 7.33. The molecule has 0 aromatic heterocycles. The third-order valence-electron chi connectivity index (χ3n) is 5.33. The predicted molar refractivity (Wildman–Crippen MR) is 91.8 cm³/mol. The molecule has 0 saturated heterocycles. The Labute approximate surface area is 144 Å². The Bertz CT molecular complexity index is 417. The number of unbranched alkanes of at least 4 members (excludes halogenated alkanes) is 3. The molecule has 0 aromatic rings. The van der Waals surface area contributed by atoms with Crippen LogP contribution in [-0.2, 0) is 4.74 Å². The number of alkyl halides is 3. The molecule has 2 aliphatic carbocycles. The summed E-state index contributed by atoms with van der Waals surface area (Å²) in [4.78, 5) is 0. The summed E-state index contributed by atoms with van der Waals surface area (Å²) in [5, 5.41) is 0. The quantitative estimate of drug-likeness (QED) is 0.451. The predicted octanol–water partition coefficient (Wildman–Crippen LogP) is 6.60. The van der Waals surface area contributed by atoms with Crippen LogP contribution in [0, 0.1) is 11.8 Å². The van der Waals surface area contributed by atoms with E-state index in [4.69, 9.17) is 4.74 Å². The van der Waals surface area contributed by atoms with E-state index in [9.17, 15) is 13.2 Å². The van der Waals surface area contributed by atoms with Gasteiger partial charge in [-0.05, 0) is 49.5 Å². The summed E-state index contributed by atoms with van der Waals surface area (Å²) in [6.07, 6.45) is 13.6. The van der Waals surface area contributed by atoms with Gasteiger partial charge in [-0.1, -0.05) is 57.3 Å². The van der Waals surface area contributed by atoms with Crippen molar-refractivity contribution in [3.8, 4) is 0 Å². The molecule has 0 aliphatic heterocycles. The van der Waals surface area contributed by atoms with E-state index in [0.717, 1.165) is 5.92 Å². The van der Waals surface area contributed by atoms with Gasteiger partial charge in [-0.2, -0.15) is 13.2 Å². The van der Waals surface area contributed by atoms with E-state index >= 15 is 0 Å². The van der Waals surface area contributed by atoms with E-state index in [1.807, 2.05) is 6.08 Å². The number of halogens is 3. The summed E-state index contributed by atoms with van der Waals surface area (Å²) in [6.45, 7) is 1.09. The highest BCUT2D eigenvalue weighted by molar-refractivity contribution is 5.27. The van der Waals surface area contributed by atoms with Crippen molar-refractivity contribution in [3.05, 3.63) is 23.8 Å². The van der Waals surface area contributed by atoms with Gasteiger partial charge >= 0.3 is 6.18 Å². The first-order valence-corrected chi connectivity index (χ1v) is 9.54.